The molecular weight excluding hydrogens is 404 g/mol. The summed E-state index contributed by atoms with van der Waals surface area (Å²) in [5, 5.41) is 9.12. The van der Waals surface area contributed by atoms with Gasteiger partial charge < -0.3 is 19.4 Å². The van der Waals surface area contributed by atoms with E-state index in [1.54, 1.807) is 10.6 Å². The molecule has 0 aliphatic heterocycles. The minimum absolute atomic E-state index is 0.00946. The van der Waals surface area contributed by atoms with Crippen LogP contribution in [0.5, 0.6) is 6.01 Å². The molecule has 0 bridgehead atoms. The Hall–Kier alpha value is -3.89. The van der Waals surface area contributed by atoms with Gasteiger partial charge in [-0.3, -0.25) is 14.3 Å². The number of rotatable bonds is 8. The number of H-pyrrole nitrogens is 2. The van der Waals surface area contributed by atoms with Crippen LogP contribution in [0, 0.1) is 0 Å². The average Bonchev–Trinajstić information content (AvgIpc) is 3.32. The number of aromatic amines is 2. The Balaban J connectivity index is 1.69. The minimum Gasteiger partial charge on any atom is -0.478 e. The monoisotopic (exact) mass is 426 g/mol. The smallest absolute Gasteiger partial charge is 0.335 e. The Kier molecular flexibility index (Phi) is 5.32. The second kappa shape index (κ2) is 8.09. The van der Waals surface area contributed by atoms with Crippen molar-refractivity contribution in [2.45, 2.75) is 46.4 Å². The summed E-state index contributed by atoms with van der Waals surface area (Å²) >= 11 is 0. The molecule has 3 heterocycles. The number of nitrogens with one attached hydrogen (secondary N) is 2. The number of hydrogen-bond donors (Lipinski definition) is 3. The number of benzene rings is 1. The highest BCUT2D eigenvalue weighted by molar-refractivity contribution is 5.92. The number of carboxylic acids is 1. The number of aryl methyl sites for hydroxylation is 2. The molecular formula is C20H22N6O5. The van der Waals surface area contributed by atoms with Crippen molar-refractivity contribution < 1.29 is 14.6 Å². The van der Waals surface area contributed by atoms with E-state index >= 15 is 0 Å². The lowest BCUT2D eigenvalue weighted by Crippen LogP contribution is -2.31. The van der Waals surface area contributed by atoms with Crippen LogP contribution in [0.25, 0.3) is 22.2 Å². The normalized spacial score (nSPS) is 11.4. The summed E-state index contributed by atoms with van der Waals surface area (Å²) in [6.07, 6.45) is 1.68. The molecule has 0 amide bonds. The molecule has 162 valence electrons. The van der Waals surface area contributed by atoms with E-state index in [0.717, 1.165) is 12.8 Å². The quantitative estimate of drug-likeness (QED) is 0.389. The third-order valence-electron chi connectivity index (χ3n) is 5.06. The number of aromatic carboxylic acids is 1. The standard InChI is InChI=1S/C20H22N6O5/c1-3-5-8-26-16-15(17(27)24-20(26)30)25(4-2)14(23-16)10-31-19-21-12-7-6-11(18(28)29)9-13(12)22-19/h6-7,9H,3-5,8,10H2,1-2H3,(H,21,22)(H,28,29)(H,24,27,30). The number of hydrogen-bond acceptors (Lipinski definition) is 6. The fraction of sp³-hybridized carbons (Fsp3) is 0.350. The molecule has 11 nitrogen and oxygen atoms in total. The van der Waals surface area contributed by atoms with Gasteiger partial charge in [0, 0.05) is 13.1 Å². The van der Waals surface area contributed by atoms with Gasteiger partial charge in [-0.1, -0.05) is 13.3 Å². The van der Waals surface area contributed by atoms with Crippen molar-refractivity contribution in [1.82, 2.24) is 29.1 Å². The van der Waals surface area contributed by atoms with Gasteiger partial charge in [-0.15, -0.1) is 0 Å². The number of fused-ring (bicyclic) bond motifs is 2. The van der Waals surface area contributed by atoms with Crippen molar-refractivity contribution in [2.75, 3.05) is 0 Å². The van der Waals surface area contributed by atoms with Crippen LogP contribution in [-0.4, -0.2) is 40.1 Å². The van der Waals surface area contributed by atoms with Gasteiger partial charge in [0.05, 0.1) is 16.6 Å². The third kappa shape index (κ3) is 3.69. The van der Waals surface area contributed by atoms with E-state index in [1.165, 1.54) is 16.7 Å². The Morgan fingerprint density at radius 3 is 2.68 bits per heavy atom. The topological polar surface area (TPSA) is 148 Å². The molecule has 0 aliphatic carbocycles. The van der Waals surface area contributed by atoms with Crippen molar-refractivity contribution in [3.63, 3.8) is 0 Å². The molecule has 1 aromatic carbocycles. The highest BCUT2D eigenvalue weighted by atomic mass is 16.5. The molecule has 0 aliphatic rings. The predicted molar refractivity (Wildman–Crippen MR) is 113 cm³/mol. The van der Waals surface area contributed by atoms with E-state index in [2.05, 4.69) is 19.9 Å². The first-order chi connectivity index (χ1) is 14.9. The van der Waals surface area contributed by atoms with Crippen LogP contribution >= 0.6 is 0 Å². The van der Waals surface area contributed by atoms with Gasteiger partial charge in [0.2, 0.25) is 0 Å². The van der Waals surface area contributed by atoms with E-state index in [-0.39, 0.29) is 18.2 Å². The summed E-state index contributed by atoms with van der Waals surface area (Å²) in [6, 6.07) is 4.73. The van der Waals surface area contributed by atoms with Gasteiger partial charge in [-0.05, 0) is 31.5 Å². The molecule has 0 atom stereocenters. The van der Waals surface area contributed by atoms with Crippen molar-refractivity contribution in [1.29, 1.82) is 0 Å². The molecule has 11 heteroatoms. The average molecular weight is 426 g/mol. The van der Waals surface area contributed by atoms with Crippen molar-refractivity contribution in [3.8, 4) is 6.01 Å². The molecule has 0 radical (unpaired) electrons. The number of unbranched alkanes of at least 4 members (excludes halogenated alkanes) is 1. The highest BCUT2D eigenvalue weighted by Crippen LogP contribution is 2.19. The van der Waals surface area contributed by atoms with Crippen LogP contribution in [0.4, 0.5) is 0 Å². The second-order valence-electron chi connectivity index (χ2n) is 7.08. The molecule has 0 spiro atoms. The summed E-state index contributed by atoms with van der Waals surface area (Å²) < 4.78 is 8.93. The first kappa shape index (κ1) is 20.4. The molecule has 4 rings (SSSR count). The third-order valence-corrected chi connectivity index (χ3v) is 5.06. The lowest BCUT2D eigenvalue weighted by Gasteiger charge is -2.06. The van der Waals surface area contributed by atoms with Crippen LogP contribution in [0.1, 0.15) is 42.9 Å². The molecule has 0 saturated heterocycles. The van der Waals surface area contributed by atoms with Gasteiger partial charge in [0.1, 0.15) is 12.4 Å². The van der Waals surface area contributed by atoms with Crippen LogP contribution in [-0.2, 0) is 19.7 Å². The van der Waals surface area contributed by atoms with Gasteiger partial charge in [-0.2, -0.15) is 4.98 Å². The molecule has 3 aromatic heterocycles. The molecule has 0 saturated carbocycles. The summed E-state index contributed by atoms with van der Waals surface area (Å²) in [6.45, 7) is 4.83. The van der Waals surface area contributed by atoms with E-state index in [1.807, 2.05) is 13.8 Å². The zero-order valence-corrected chi connectivity index (χ0v) is 17.1. The summed E-state index contributed by atoms with van der Waals surface area (Å²) in [4.78, 5) is 50.0. The van der Waals surface area contributed by atoms with E-state index < -0.39 is 17.2 Å². The first-order valence-corrected chi connectivity index (χ1v) is 10.0. The van der Waals surface area contributed by atoms with E-state index in [0.29, 0.717) is 41.1 Å². The Bertz CT molecular complexity index is 1390. The van der Waals surface area contributed by atoms with Crippen molar-refractivity contribution >= 4 is 28.2 Å². The van der Waals surface area contributed by atoms with E-state index in [4.69, 9.17) is 9.84 Å². The Labute approximate surface area is 175 Å². The summed E-state index contributed by atoms with van der Waals surface area (Å²) in [5.74, 6) is -0.555. The lowest BCUT2D eigenvalue weighted by atomic mass is 10.2. The highest BCUT2D eigenvalue weighted by Gasteiger charge is 2.18. The maximum atomic E-state index is 12.5. The number of imidazole rings is 2. The number of ether oxygens (including phenoxy) is 1. The first-order valence-electron chi connectivity index (χ1n) is 10.0. The van der Waals surface area contributed by atoms with Gasteiger partial charge >= 0.3 is 11.7 Å². The van der Waals surface area contributed by atoms with Crippen LogP contribution < -0.4 is 16.0 Å². The zero-order valence-electron chi connectivity index (χ0n) is 17.1. The SMILES string of the molecule is CCCCn1c(=O)[nH]c(=O)c2c1nc(COc1nc3ccc(C(=O)O)cc3[nH]1)n2CC. The van der Waals surface area contributed by atoms with Crippen molar-refractivity contribution in [3.05, 3.63) is 50.4 Å². The summed E-state index contributed by atoms with van der Waals surface area (Å²) in [7, 11) is 0. The number of aromatic nitrogens is 6. The van der Waals surface area contributed by atoms with E-state index in [9.17, 15) is 14.4 Å². The van der Waals surface area contributed by atoms with Crippen LogP contribution in [0.15, 0.2) is 27.8 Å². The Morgan fingerprint density at radius 2 is 1.97 bits per heavy atom. The van der Waals surface area contributed by atoms with Crippen molar-refractivity contribution in [2.24, 2.45) is 0 Å². The fourth-order valence-corrected chi connectivity index (χ4v) is 3.51. The maximum Gasteiger partial charge on any atom is 0.335 e. The lowest BCUT2D eigenvalue weighted by molar-refractivity contribution is 0.0697. The van der Waals surface area contributed by atoms with Crippen LogP contribution in [0.2, 0.25) is 0 Å². The maximum absolute atomic E-state index is 12.5. The summed E-state index contributed by atoms with van der Waals surface area (Å²) in [5.41, 5.74) is 0.923. The van der Waals surface area contributed by atoms with Gasteiger partial charge in [0.15, 0.2) is 11.2 Å². The molecule has 31 heavy (non-hydrogen) atoms. The Morgan fingerprint density at radius 1 is 1.16 bits per heavy atom. The van der Waals surface area contributed by atoms with Gasteiger partial charge in [-0.25, -0.2) is 14.6 Å². The number of carboxylic acid groups (broad SMARTS) is 1. The van der Waals surface area contributed by atoms with Gasteiger partial charge in [0.25, 0.3) is 11.6 Å². The molecule has 4 aromatic rings. The number of nitrogens with zero attached hydrogens (tertiary/aromatic N) is 4. The van der Waals surface area contributed by atoms with Crippen LogP contribution in [0.3, 0.4) is 0 Å². The molecule has 0 unspecified atom stereocenters. The largest absolute Gasteiger partial charge is 0.478 e. The number of carbonyl (C=O) groups is 1. The predicted octanol–water partition coefficient (Wildman–Crippen LogP) is 1.86. The molecule has 3 N–H and O–H groups in total. The fourth-order valence-electron chi connectivity index (χ4n) is 3.51. The molecule has 0 fully saturated rings. The minimum atomic E-state index is -1.03. The zero-order chi connectivity index (χ0) is 22.1. The second-order valence-corrected chi connectivity index (χ2v) is 7.08.